The minimum absolute atomic E-state index is 0. The highest BCUT2D eigenvalue weighted by Gasteiger charge is 1.80. The molecule has 1 rings (SSSR count). The third-order valence-corrected chi connectivity index (χ3v) is 1.17. The van der Waals surface area contributed by atoms with Crippen molar-refractivity contribution in [3.8, 4) is 0 Å². The van der Waals surface area contributed by atoms with Crippen molar-refractivity contribution in [2.45, 2.75) is 13.8 Å². The molecule has 0 bridgehead atoms. The third kappa shape index (κ3) is 2.29. The van der Waals surface area contributed by atoms with E-state index >= 15 is 0 Å². The lowest BCUT2D eigenvalue weighted by atomic mass is 10.2. The summed E-state index contributed by atoms with van der Waals surface area (Å²) in [6.07, 6.45) is 0. The van der Waals surface area contributed by atoms with Crippen molar-refractivity contribution < 1.29 is 5.48 Å². The van der Waals surface area contributed by atoms with Gasteiger partial charge < -0.3 is 5.48 Å². The molecule has 50 valence electrons. The van der Waals surface area contributed by atoms with Crippen LogP contribution in [0.1, 0.15) is 11.1 Å². The Labute approximate surface area is 55.6 Å². The smallest absolute Gasteiger partial charge is 0.0398 e. The van der Waals surface area contributed by atoms with E-state index in [0.717, 1.165) is 0 Å². The molecule has 0 amide bonds. The summed E-state index contributed by atoms with van der Waals surface area (Å²) in [6, 6.07) is 8.45. The van der Waals surface area contributed by atoms with Crippen molar-refractivity contribution in [2.24, 2.45) is 0 Å². The Morgan fingerprint density at radius 1 is 1.00 bits per heavy atom. The Morgan fingerprint density at radius 2 is 1.44 bits per heavy atom. The van der Waals surface area contributed by atoms with E-state index in [-0.39, 0.29) is 5.48 Å². The molecule has 0 atom stereocenters. The van der Waals surface area contributed by atoms with Gasteiger partial charge in [-0.15, -0.1) is 0 Å². The fraction of sp³-hybridized carbons (Fsp3) is 0.250. The van der Waals surface area contributed by atoms with Gasteiger partial charge in [0.15, 0.2) is 0 Å². The van der Waals surface area contributed by atoms with E-state index in [1.54, 1.807) is 0 Å². The molecule has 0 saturated carbocycles. The van der Waals surface area contributed by atoms with E-state index in [1.165, 1.54) is 11.1 Å². The van der Waals surface area contributed by atoms with Crippen LogP contribution in [0.25, 0.3) is 0 Å². The van der Waals surface area contributed by atoms with Crippen molar-refractivity contribution in [2.75, 3.05) is 0 Å². The van der Waals surface area contributed by atoms with Gasteiger partial charge in [-0.05, 0) is 13.8 Å². The molecule has 1 heteroatoms. The van der Waals surface area contributed by atoms with Gasteiger partial charge >= 0.3 is 0 Å². The Hall–Kier alpha value is -0.820. The van der Waals surface area contributed by atoms with Gasteiger partial charge in [0.05, 0.1) is 0 Å². The van der Waals surface area contributed by atoms with E-state index in [2.05, 4.69) is 38.1 Å². The summed E-state index contributed by atoms with van der Waals surface area (Å²) in [5.74, 6) is 0. The Bertz CT molecular complexity index is 164. The van der Waals surface area contributed by atoms with Crippen LogP contribution in [0.2, 0.25) is 0 Å². The number of benzene rings is 1. The fourth-order valence-electron chi connectivity index (χ4n) is 0.807. The first-order chi connectivity index (χ1) is 3.79. The summed E-state index contributed by atoms with van der Waals surface area (Å²) in [5, 5.41) is 0. The molecular formula is C8H12O. The third-order valence-electron chi connectivity index (χ3n) is 1.17. The molecule has 1 aromatic rings. The molecule has 0 saturated heterocycles. The second-order valence-corrected chi connectivity index (χ2v) is 2.16. The van der Waals surface area contributed by atoms with Gasteiger partial charge in [-0.1, -0.05) is 35.4 Å². The first kappa shape index (κ1) is 8.18. The minimum Gasteiger partial charge on any atom is -0.412 e. The standard InChI is InChI=1S/C8H10.H2O/c1-7-4-3-5-8(2)6-7;/h3-6H,1-2H3;1H2. The van der Waals surface area contributed by atoms with Crippen LogP contribution in [-0.4, -0.2) is 5.48 Å². The Morgan fingerprint density at radius 3 is 1.67 bits per heavy atom. The van der Waals surface area contributed by atoms with Crippen LogP contribution in [0.15, 0.2) is 24.3 Å². The zero-order valence-electron chi connectivity index (χ0n) is 5.81. The van der Waals surface area contributed by atoms with Crippen LogP contribution in [0.3, 0.4) is 0 Å². The van der Waals surface area contributed by atoms with Crippen LogP contribution < -0.4 is 0 Å². The molecule has 0 aliphatic carbocycles. The summed E-state index contributed by atoms with van der Waals surface area (Å²) in [7, 11) is 0. The Balaban J connectivity index is 0.000000640. The van der Waals surface area contributed by atoms with E-state index in [1.807, 2.05) is 0 Å². The fourth-order valence-corrected chi connectivity index (χ4v) is 0.807. The lowest BCUT2D eigenvalue weighted by Crippen LogP contribution is -1.71. The van der Waals surface area contributed by atoms with Crippen molar-refractivity contribution >= 4 is 0 Å². The average Bonchev–Trinajstić information content (AvgIpc) is 1.64. The van der Waals surface area contributed by atoms with Crippen LogP contribution >= 0.6 is 0 Å². The summed E-state index contributed by atoms with van der Waals surface area (Å²) in [6.45, 7) is 4.21. The van der Waals surface area contributed by atoms with Gasteiger partial charge in [-0.3, -0.25) is 0 Å². The molecule has 0 aliphatic heterocycles. The minimum atomic E-state index is 0. The molecule has 0 fully saturated rings. The topological polar surface area (TPSA) is 31.5 Å². The molecule has 0 spiro atoms. The van der Waals surface area contributed by atoms with Crippen LogP contribution in [0.5, 0.6) is 0 Å². The lowest BCUT2D eigenvalue weighted by Gasteiger charge is -1.90. The highest BCUT2D eigenvalue weighted by molar-refractivity contribution is 5.20. The monoisotopic (exact) mass is 124 g/mol. The maximum atomic E-state index is 2.17. The molecule has 0 aromatic heterocycles. The largest absolute Gasteiger partial charge is 0.412 e. The molecule has 0 heterocycles. The second kappa shape index (κ2) is 3.25. The predicted octanol–water partition coefficient (Wildman–Crippen LogP) is 1.48. The molecule has 0 unspecified atom stereocenters. The van der Waals surface area contributed by atoms with Crippen molar-refractivity contribution in [1.82, 2.24) is 0 Å². The van der Waals surface area contributed by atoms with E-state index in [9.17, 15) is 0 Å². The SMILES string of the molecule is Cc1cccc(C)c1.O. The van der Waals surface area contributed by atoms with Gasteiger partial charge in [0.2, 0.25) is 0 Å². The van der Waals surface area contributed by atoms with E-state index in [0.29, 0.717) is 0 Å². The van der Waals surface area contributed by atoms with Crippen LogP contribution in [-0.2, 0) is 0 Å². The second-order valence-electron chi connectivity index (χ2n) is 2.16. The van der Waals surface area contributed by atoms with E-state index < -0.39 is 0 Å². The summed E-state index contributed by atoms with van der Waals surface area (Å²) >= 11 is 0. The van der Waals surface area contributed by atoms with Gasteiger partial charge in [-0.2, -0.15) is 0 Å². The van der Waals surface area contributed by atoms with Gasteiger partial charge in [-0.25, -0.2) is 0 Å². The summed E-state index contributed by atoms with van der Waals surface area (Å²) in [4.78, 5) is 0. The van der Waals surface area contributed by atoms with Crippen molar-refractivity contribution in [3.05, 3.63) is 35.4 Å². The lowest BCUT2D eigenvalue weighted by molar-refractivity contribution is 0.824. The maximum absolute atomic E-state index is 2.17. The normalized spacial score (nSPS) is 8.22. The number of rotatable bonds is 0. The molecular weight excluding hydrogens is 112 g/mol. The van der Waals surface area contributed by atoms with Crippen LogP contribution in [0, 0.1) is 13.8 Å². The average molecular weight is 124 g/mol. The number of aryl methyl sites for hydroxylation is 2. The molecule has 0 radical (unpaired) electrons. The molecule has 2 N–H and O–H groups in total. The first-order valence-electron chi connectivity index (χ1n) is 2.82. The molecule has 1 nitrogen and oxygen atoms in total. The van der Waals surface area contributed by atoms with Crippen molar-refractivity contribution in [1.29, 1.82) is 0 Å². The molecule has 0 aliphatic rings. The van der Waals surface area contributed by atoms with Gasteiger partial charge in [0, 0.05) is 0 Å². The highest BCUT2D eigenvalue weighted by Crippen LogP contribution is 2.00. The number of hydrogen-bond donors (Lipinski definition) is 0. The summed E-state index contributed by atoms with van der Waals surface area (Å²) < 4.78 is 0. The van der Waals surface area contributed by atoms with E-state index in [4.69, 9.17) is 0 Å². The van der Waals surface area contributed by atoms with Crippen molar-refractivity contribution in [3.63, 3.8) is 0 Å². The molecule has 9 heavy (non-hydrogen) atoms. The summed E-state index contributed by atoms with van der Waals surface area (Å²) in [5.41, 5.74) is 2.68. The predicted molar refractivity (Wildman–Crippen MR) is 39.5 cm³/mol. The zero-order valence-corrected chi connectivity index (χ0v) is 5.81. The Kier molecular flexibility index (Phi) is 2.96. The highest BCUT2D eigenvalue weighted by atomic mass is 16.0. The van der Waals surface area contributed by atoms with Gasteiger partial charge in [0.1, 0.15) is 0 Å². The van der Waals surface area contributed by atoms with Gasteiger partial charge in [0.25, 0.3) is 0 Å². The number of hydrogen-bond acceptors (Lipinski definition) is 0. The molecule has 1 aromatic carbocycles. The quantitative estimate of drug-likeness (QED) is 0.501. The van der Waals surface area contributed by atoms with Crippen LogP contribution in [0.4, 0.5) is 0 Å². The zero-order chi connectivity index (χ0) is 5.98. The first-order valence-corrected chi connectivity index (χ1v) is 2.82. The maximum Gasteiger partial charge on any atom is -0.0398 e.